The standard InChI is InChI=1S/C14H13O2.BrH.Zn/c1-15-13-9-5-6-10-14(13)16-11-12-7-3-2-4-8-12;;/h3-10H,11H2,1H3;1H;/q-1;;+2/p-1. The molecule has 0 radical (unpaired) electrons. The van der Waals surface area contributed by atoms with Crippen molar-refractivity contribution in [3.8, 4) is 11.5 Å². The maximum absolute atomic E-state index is 5.68. The van der Waals surface area contributed by atoms with Crippen molar-refractivity contribution in [2.24, 2.45) is 0 Å². The number of halogens is 1. The Hall–Kier alpha value is -0.857. The molecule has 2 rings (SSSR count). The third kappa shape index (κ3) is 4.79. The molecule has 0 unspecified atom stereocenters. The average Bonchev–Trinajstić information content (AvgIpc) is 2.48. The summed E-state index contributed by atoms with van der Waals surface area (Å²) < 4.78 is 10.9. The third-order valence-corrected chi connectivity index (χ3v) is 2.25. The van der Waals surface area contributed by atoms with E-state index in [1.165, 1.54) is 16.3 Å². The van der Waals surface area contributed by atoms with Gasteiger partial charge < -0.3 is 9.47 Å². The quantitative estimate of drug-likeness (QED) is 0.609. The summed E-state index contributed by atoms with van der Waals surface area (Å²) in [5.41, 5.74) is 1.12. The van der Waals surface area contributed by atoms with Crippen molar-refractivity contribution in [3.63, 3.8) is 0 Å². The van der Waals surface area contributed by atoms with Crippen molar-refractivity contribution < 1.29 is 25.8 Å². The van der Waals surface area contributed by atoms with Gasteiger partial charge in [-0.3, -0.25) is 0 Å². The zero-order valence-electron chi connectivity index (χ0n) is 10.2. The summed E-state index contributed by atoms with van der Waals surface area (Å²) in [6.45, 7) is 0.537. The van der Waals surface area contributed by atoms with Crippen LogP contribution in [0.4, 0.5) is 0 Å². The number of para-hydroxylation sites is 2. The molecule has 0 spiro atoms. The fourth-order valence-corrected chi connectivity index (χ4v) is 1.42. The number of benzene rings is 2. The average molecular weight is 359 g/mol. The molecular weight excluding hydrogens is 345 g/mol. The van der Waals surface area contributed by atoms with Crippen LogP contribution in [0.1, 0.15) is 5.56 Å². The molecular formula is C14H13BrO2Zn. The molecule has 0 amide bonds. The molecule has 0 aliphatic carbocycles. The second-order valence-corrected chi connectivity index (χ2v) is 3.35. The van der Waals surface area contributed by atoms with Crippen LogP contribution in [-0.4, -0.2) is 7.11 Å². The van der Waals surface area contributed by atoms with Gasteiger partial charge in [0.2, 0.25) is 0 Å². The summed E-state index contributed by atoms with van der Waals surface area (Å²) >= 11 is 4.25. The fraction of sp³-hybridized carbons (Fsp3) is 0.143. The van der Waals surface area contributed by atoms with Gasteiger partial charge in [-0.05, 0) is 12.1 Å². The van der Waals surface area contributed by atoms with Gasteiger partial charge in [-0.2, -0.15) is 30.3 Å². The first kappa shape index (κ1) is 15.2. The number of hydrogen-bond donors (Lipinski definition) is 0. The summed E-state index contributed by atoms with van der Waals surface area (Å²) in [6.07, 6.45) is 0. The Labute approximate surface area is 124 Å². The second-order valence-electron chi connectivity index (χ2n) is 3.35. The van der Waals surface area contributed by atoms with Crippen molar-refractivity contribution >= 4 is 13.6 Å². The van der Waals surface area contributed by atoms with Gasteiger partial charge in [0, 0.05) is 0 Å². The van der Waals surface area contributed by atoms with Gasteiger partial charge in [0.15, 0.2) is 11.5 Å². The van der Waals surface area contributed by atoms with Crippen LogP contribution in [0.25, 0.3) is 0 Å². The SMILES string of the molecule is COc1ccccc1OCc1cc[c-]cc1.[Zn+][Br]. The van der Waals surface area contributed by atoms with E-state index in [1.54, 1.807) is 7.11 Å². The molecule has 2 nitrogen and oxygen atoms in total. The third-order valence-electron chi connectivity index (χ3n) is 2.25. The zero-order chi connectivity index (χ0) is 13.2. The topological polar surface area (TPSA) is 18.5 Å². The molecule has 4 heteroatoms. The van der Waals surface area contributed by atoms with Gasteiger partial charge in [0.05, 0.1) is 13.7 Å². The number of ether oxygens (including phenoxy) is 2. The van der Waals surface area contributed by atoms with E-state index in [-0.39, 0.29) is 0 Å². The molecule has 0 aliphatic heterocycles. The molecule has 0 aliphatic rings. The molecule has 18 heavy (non-hydrogen) atoms. The molecule has 2 aromatic rings. The molecule has 0 aromatic heterocycles. The van der Waals surface area contributed by atoms with E-state index in [1.807, 2.05) is 48.5 Å². The van der Waals surface area contributed by atoms with Crippen LogP contribution < -0.4 is 9.47 Å². The van der Waals surface area contributed by atoms with Crippen LogP contribution in [0.15, 0.2) is 48.5 Å². The molecule has 0 atom stereocenters. The van der Waals surface area contributed by atoms with Crippen LogP contribution in [-0.2, 0) is 22.9 Å². The summed E-state index contributed by atoms with van der Waals surface area (Å²) in [7, 11) is 1.64. The van der Waals surface area contributed by atoms with E-state index in [0.29, 0.717) is 6.61 Å². The number of rotatable bonds is 4. The summed E-state index contributed by atoms with van der Waals surface area (Å²) in [6, 6.07) is 18.3. The van der Waals surface area contributed by atoms with Gasteiger partial charge >= 0.3 is 30.0 Å². The van der Waals surface area contributed by atoms with Crippen LogP contribution >= 0.6 is 13.6 Å². The fourth-order valence-electron chi connectivity index (χ4n) is 1.42. The minimum atomic E-state index is 0.537. The predicted molar refractivity (Wildman–Crippen MR) is 71.5 cm³/mol. The molecule has 0 heterocycles. The van der Waals surface area contributed by atoms with Crippen molar-refractivity contribution in [1.82, 2.24) is 0 Å². The molecule has 0 saturated heterocycles. The van der Waals surface area contributed by atoms with E-state index >= 15 is 0 Å². The van der Waals surface area contributed by atoms with Crippen molar-refractivity contribution in [2.45, 2.75) is 6.61 Å². The van der Waals surface area contributed by atoms with Gasteiger partial charge in [-0.25, -0.2) is 0 Å². The van der Waals surface area contributed by atoms with Gasteiger partial charge in [-0.15, -0.1) is 5.56 Å². The summed E-state index contributed by atoms with van der Waals surface area (Å²) in [5, 5.41) is 0. The Balaban J connectivity index is 0.000000771. The Kier molecular flexibility index (Phi) is 7.71. The van der Waals surface area contributed by atoms with Crippen LogP contribution in [0.5, 0.6) is 11.5 Å². The molecule has 0 bridgehead atoms. The Bertz CT molecular complexity index is 449. The first-order valence-corrected chi connectivity index (χ1v) is 12.3. The summed E-state index contributed by atoms with van der Waals surface area (Å²) in [4.78, 5) is 0. The minimum absolute atomic E-state index is 0.537. The molecule has 0 N–H and O–H groups in total. The molecule has 2 aromatic carbocycles. The Morgan fingerprint density at radius 1 is 1.06 bits per heavy atom. The Morgan fingerprint density at radius 3 is 2.28 bits per heavy atom. The summed E-state index contributed by atoms with van der Waals surface area (Å²) in [5.74, 6) is 1.52. The predicted octanol–water partition coefficient (Wildman–Crippen LogP) is 3.92. The van der Waals surface area contributed by atoms with Crippen LogP contribution in [0.3, 0.4) is 0 Å². The number of methoxy groups -OCH3 is 1. The van der Waals surface area contributed by atoms with Gasteiger partial charge in [0.25, 0.3) is 0 Å². The van der Waals surface area contributed by atoms with Crippen molar-refractivity contribution in [1.29, 1.82) is 0 Å². The molecule has 0 saturated carbocycles. The molecule has 0 fully saturated rings. The van der Waals surface area contributed by atoms with Gasteiger partial charge in [-0.1, -0.05) is 12.1 Å². The first-order valence-electron chi connectivity index (χ1n) is 5.37. The second kappa shape index (κ2) is 9.12. The Morgan fingerprint density at radius 2 is 1.67 bits per heavy atom. The monoisotopic (exact) mass is 356 g/mol. The van der Waals surface area contributed by atoms with Gasteiger partial charge in [0.1, 0.15) is 0 Å². The number of hydrogen-bond acceptors (Lipinski definition) is 2. The van der Waals surface area contributed by atoms with E-state index < -0.39 is 0 Å². The first-order chi connectivity index (χ1) is 8.90. The maximum atomic E-state index is 5.68. The van der Waals surface area contributed by atoms with E-state index in [0.717, 1.165) is 17.1 Å². The van der Waals surface area contributed by atoms with Crippen molar-refractivity contribution in [3.05, 3.63) is 60.2 Å². The molecule has 90 valence electrons. The van der Waals surface area contributed by atoms with Crippen molar-refractivity contribution in [2.75, 3.05) is 7.11 Å². The van der Waals surface area contributed by atoms with E-state index in [9.17, 15) is 0 Å². The normalized spacial score (nSPS) is 9.11. The van der Waals surface area contributed by atoms with E-state index in [2.05, 4.69) is 19.7 Å². The van der Waals surface area contributed by atoms with Crippen LogP contribution in [0, 0.1) is 6.07 Å². The van der Waals surface area contributed by atoms with E-state index in [4.69, 9.17) is 9.47 Å². The van der Waals surface area contributed by atoms with Crippen LogP contribution in [0.2, 0.25) is 0 Å². The zero-order valence-corrected chi connectivity index (χ0v) is 14.8.